The quantitative estimate of drug-likeness (QED) is 0.766. The Balaban J connectivity index is 1.76. The van der Waals surface area contributed by atoms with Crippen molar-refractivity contribution >= 4 is 6.03 Å². The highest BCUT2D eigenvalue weighted by molar-refractivity contribution is 5.74. The van der Waals surface area contributed by atoms with Gasteiger partial charge in [-0.15, -0.1) is 0 Å². The lowest BCUT2D eigenvalue weighted by Crippen LogP contribution is -2.41. The van der Waals surface area contributed by atoms with E-state index in [2.05, 4.69) is 10.6 Å². The highest BCUT2D eigenvalue weighted by atomic mass is 19.1. The fourth-order valence-electron chi connectivity index (χ4n) is 2.19. The Labute approximate surface area is 134 Å². The van der Waals surface area contributed by atoms with Crippen molar-refractivity contribution in [1.29, 1.82) is 0 Å². The molecule has 0 fully saturated rings. The largest absolute Gasteiger partial charge is 0.467 e. The number of rotatable bonds is 6. The number of aliphatic hydroxyl groups excluding tert-OH is 1. The summed E-state index contributed by atoms with van der Waals surface area (Å²) in [6, 6.07) is 7.61. The minimum atomic E-state index is -0.772. The van der Waals surface area contributed by atoms with Crippen molar-refractivity contribution in [3.8, 4) is 0 Å². The van der Waals surface area contributed by atoms with E-state index in [9.17, 15) is 14.3 Å². The third-order valence-corrected chi connectivity index (χ3v) is 3.52. The van der Waals surface area contributed by atoms with Crippen LogP contribution in [0.2, 0.25) is 0 Å². The number of aryl methyl sites for hydroxylation is 1. The van der Waals surface area contributed by atoms with E-state index in [4.69, 9.17) is 4.42 Å². The van der Waals surface area contributed by atoms with Gasteiger partial charge in [-0.2, -0.15) is 0 Å². The Morgan fingerprint density at radius 2 is 2.17 bits per heavy atom. The van der Waals surface area contributed by atoms with Crippen LogP contribution in [-0.4, -0.2) is 17.2 Å². The van der Waals surface area contributed by atoms with E-state index in [1.165, 1.54) is 12.3 Å². The van der Waals surface area contributed by atoms with Crippen molar-refractivity contribution in [3.05, 3.63) is 59.3 Å². The fraction of sp³-hybridized carbons (Fsp3) is 0.353. The summed E-state index contributed by atoms with van der Waals surface area (Å²) in [6.45, 7) is 3.71. The molecule has 1 aromatic carbocycles. The van der Waals surface area contributed by atoms with E-state index < -0.39 is 6.10 Å². The molecule has 2 amide bonds. The highest BCUT2D eigenvalue weighted by Gasteiger charge is 2.16. The van der Waals surface area contributed by atoms with Crippen LogP contribution in [0.3, 0.4) is 0 Å². The summed E-state index contributed by atoms with van der Waals surface area (Å²) >= 11 is 0. The summed E-state index contributed by atoms with van der Waals surface area (Å²) in [5.41, 5.74) is 1.25. The molecule has 5 nitrogen and oxygen atoms in total. The van der Waals surface area contributed by atoms with Gasteiger partial charge in [-0.05, 0) is 43.2 Å². The molecule has 2 aromatic rings. The molecule has 0 aliphatic carbocycles. The molecule has 0 spiro atoms. The number of nitrogens with one attached hydrogen (secondary N) is 2. The number of carbonyl (C=O) groups excluding carboxylic acids is 1. The average Bonchev–Trinajstić information content (AvgIpc) is 3.02. The van der Waals surface area contributed by atoms with Gasteiger partial charge in [-0.25, -0.2) is 9.18 Å². The van der Waals surface area contributed by atoms with Gasteiger partial charge in [0, 0.05) is 19.0 Å². The zero-order chi connectivity index (χ0) is 16.8. The molecular weight excluding hydrogens is 299 g/mol. The molecule has 1 aromatic heterocycles. The van der Waals surface area contributed by atoms with E-state index in [1.807, 2.05) is 0 Å². The second kappa shape index (κ2) is 7.78. The molecule has 0 saturated heterocycles. The van der Waals surface area contributed by atoms with Crippen molar-refractivity contribution in [2.75, 3.05) is 0 Å². The number of aliphatic hydroxyl groups is 1. The minimum Gasteiger partial charge on any atom is -0.467 e. The molecule has 0 bridgehead atoms. The molecule has 6 heteroatoms. The number of halogens is 1. The monoisotopic (exact) mass is 320 g/mol. The molecule has 1 heterocycles. The standard InChI is InChI=1S/C17H21FN2O3/c1-11-5-6-13(9-14(11)18)10-19-17(22)20-12(2)8-15(21)16-4-3-7-23-16/h3-7,9,12,15,21H,8,10H2,1-2H3,(H2,19,20,22). The van der Waals surface area contributed by atoms with Crippen LogP contribution in [0.4, 0.5) is 9.18 Å². The third-order valence-electron chi connectivity index (χ3n) is 3.52. The smallest absolute Gasteiger partial charge is 0.315 e. The molecule has 0 saturated carbocycles. The highest BCUT2D eigenvalue weighted by Crippen LogP contribution is 2.18. The lowest BCUT2D eigenvalue weighted by Gasteiger charge is -2.17. The summed E-state index contributed by atoms with van der Waals surface area (Å²) in [6.07, 6.45) is 1.05. The van der Waals surface area contributed by atoms with Crippen LogP contribution in [0.1, 0.15) is 36.3 Å². The van der Waals surface area contributed by atoms with Crippen LogP contribution in [0.25, 0.3) is 0 Å². The van der Waals surface area contributed by atoms with Crippen molar-refractivity contribution in [2.45, 2.75) is 39.0 Å². The predicted molar refractivity (Wildman–Crippen MR) is 84.3 cm³/mol. The number of benzene rings is 1. The maximum Gasteiger partial charge on any atom is 0.315 e. The molecular formula is C17H21FN2O3. The summed E-state index contributed by atoms with van der Waals surface area (Å²) < 4.78 is 18.5. The normalized spacial score (nSPS) is 13.4. The zero-order valence-electron chi connectivity index (χ0n) is 13.2. The van der Waals surface area contributed by atoms with Gasteiger partial charge in [0.1, 0.15) is 17.7 Å². The van der Waals surface area contributed by atoms with Gasteiger partial charge in [-0.3, -0.25) is 0 Å². The maximum absolute atomic E-state index is 13.4. The van der Waals surface area contributed by atoms with Crippen LogP contribution in [0.15, 0.2) is 41.0 Å². The van der Waals surface area contributed by atoms with E-state index in [0.717, 1.165) is 0 Å². The van der Waals surface area contributed by atoms with Crippen LogP contribution in [-0.2, 0) is 6.54 Å². The van der Waals surface area contributed by atoms with Crippen molar-refractivity contribution in [1.82, 2.24) is 10.6 Å². The van der Waals surface area contributed by atoms with Crippen molar-refractivity contribution in [2.24, 2.45) is 0 Å². The van der Waals surface area contributed by atoms with E-state index in [-0.39, 0.29) is 24.4 Å². The summed E-state index contributed by atoms with van der Waals surface area (Å²) in [4.78, 5) is 11.8. The van der Waals surface area contributed by atoms with Gasteiger partial charge in [0.05, 0.1) is 6.26 Å². The first-order chi connectivity index (χ1) is 11.0. The Hall–Kier alpha value is -2.34. The summed E-state index contributed by atoms with van der Waals surface area (Å²) in [5.74, 6) is 0.175. The first kappa shape index (κ1) is 17.0. The molecule has 124 valence electrons. The van der Waals surface area contributed by atoms with Crippen LogP contribution >= 0.6 is 0 Å². The van der Waals surface area contributed by atoms with Gasteiger partial charge in [-0.1, -0.05) is 12.1 Å². The third kappa shape index (κ3) is 5.10. The predicted octanol–water partition coefficient (Wildman–Crippen LogP) is 3.04. The molecule has 0 radical (unpaired) electrons. The lowest BCUT2D eigenvalue weighted by atomic mass is 10.1. The second-order valence-corrected chi connectivity index (χ2v) is 5.58. The zero-order valence-corrected chi connectivity index (χ0v) is 13.2. The first-order valence-corrected chi connectivity index (χ1v) is 7.46. The Kier molecular flexibility index (Phi) is 5.76. The molecule has 0 aliphatic rings. The van der Waals surface area contributed by atoms with Crippen LogP contribution in [0, 0.1) is 12.7 Å². The Morgan fingerprint density at radius 3 is 2.83 bits per heavy atom. The number of hydrogen-bond donors (Lipinski definition) is 3. The topological polar surface area (TPSA) is 74.5 Å². The van der Waals surface area contributed by atoms with E-state index >= 15 is 0 Å². The van der Waals surface area contributed by atoms with Crippen molar-refractivity contribution in [3.63, 3.8) is 0 Å². The average molecular weight is 320 g/mol. The fourth-order valence-corrected chi connectivity index (χ4v) is 2.19. The van der Waals surface area contributed by atoms with Gasteiger partial charge < -0.3 is 20.2 Å². The summed E-state index contributed by atoms with van der Waals surface area (Å²) in [7, 11) is 0. The van der Waals surface area contributed by atoms with Gasteiger partial charge in [0.2, 0.25) is 0 Å². The number of urea groups is 1. The van der Waals surface area contributed by atoms with Gasteiger partial charge >= 0.3 is 6.03 Å². The van der Waals surface area contributed by atoms with Crippen molar-refractivity contribution < 1.29 is 18.7 Å². The van der Waals surface area contributed by atoms with Crippen LogP contribution < -0.4 is 10.6 Å². The molecule has 3 N–H and O–H groups in total. The first-order valence-electron chi connectivity index (χ1n) is 7.46. The Bertz CT molecular complexity index is 643. The number of amides is 2. The number of hydrogen-bond acceptors (Lipinski definition) is 3. The maximum atomic E-state index is 13.4. The molecule has 2 unspecified atom stereocenters. The molecule has 23 heavy (non-hydrogen) atoms. The molecule has 2 atom stereocenters. The lowest BCUT2D eigenvalue weighted by molar-refractivity contribution is 0.129. The summed E-state index contributed by atoms with van der Waals surface area (Å²) in [5, 5.41) is 15.3. The molecule has 0 aliphatic heterocycles. The Morgan fingerprint density at radius 1 is 1.39 bits per heavy atom. The molecule has 2 rings (SSSR count). The van der Waals surface area contributed by atoms with E-state index in [1.54, 1.807) is 38.1 Å². The number of carbonyl (C=O) groups is 1. The van der Waals surface area contributed by atoms with Crippen LogP contribution in [0.5, 0.6) is 0 Å². The van der Waals surface area contributed by atoms with E-state index in [0.29, 0.717) is 23.3 Å². The number of furan rings is 1. The van der Waals surface area contributed by atoms with Gasteiger partial charge in [0.15, 0.2) is 0 Å². The minimum absolute atomic E-state index is 0.233. The second-order valence-electron chi connectivity index (χ2n) is 5.58. The SMILES string of the molecule is Cc1ccc(CNC(=O)NC(C)CC(O)c2ccco2)cc1F. The van der Waals surface area contributed by atoms with Gasteiger partial charge in [0.25, 0.3) is 0 Å².